The van der Waals surface area contributed by atoms with E-state index in [1.165, 1.54) is 25.0 Å². The Kier molecular flexibility index (Phi) is 13.4. The van der Waals surface area contributed by atoms with Crippen LogP contribution in [0, 0.1) is 17.8 Å². The minimum Gasteiger partial charge on any atom is -0.469 e. The average molecular weight is 730 g/mol. The molecule has 3 aliphatic rings. The molecule has 1 saturated heterocycles. The molecule has 3 amide bonds. The Bertz CT molecular complexity index is 1530. The highest BCUT2D eigenvalue weighted by Crippen LogP contribution is 2.36. The molecule has 12 nitrogen and oxygen atoms in total. The van der Waals surface area contributed by atoms with Crippen molar-refractivity contribution >= 4 is 27.6 Å². The van der Waals surface area contributed by atoms with Crippen LogP contribution < -0.4 is 10.6 Å². The number of hydrogen-bond donors (Lipinski definition) is 4. The van der Waals surface area contributed by atoms with Crippen LogP contribution in [0.15, 0.2) is 53.1 Å². The van der Waals surface area contributed by atoms with Crippen LogP contribution in [0.25, 0.3) is 0 Å². The van der Waals surface area contributed by atoms with Crippen LogP contribution >= 0.6 is 0 Å². The van der Waals surface area contributed by atoms with Gasteiger partial charge in [0, 0.05) is 19.5 Å². The summed E-state index contributed by atoms with van der Waals surface area (Å²) in [6.07, 6.45) is 6.74. The SMILES string of the molecule is CC(C)(C(=O)N1CCOCC1)S(=O)(=O)C[C@@H](Cc1ccccc1)C(=O)N[C@@H](Cc1ccco1)C(=O)N[C@@H](CC1CCCCC1)[C@@H](O)[C@@H](O)C1CC1. The fraction of sp³-hybridized carbons (Fsp3) is 0.658. The molecule has 1 aliphatic heterocycles. The van der Waals surface area contributed by atoms with Crippen molar-refractivity contribution in [3.63, 3.8) is 0 Å². The van der Waals surface area contributed by atoms with Gasteiger partial charge in [0.25, 0.3) is 0 Å². The Balaban J connectivity index is 1.38. The van der Waals surface area contributed by atoms with Gasteiger partial charge in [-0.15, -0.1) is 0 Å². The van der Waals surface area contributed by atoms with Crippen molar-refractivity contribution in [2.75, 3.05) is 32.1 Å². The van der Waals surface area contributed by atoms with Gasteiger partial charge in [0.1, 0.15) is 22.7 Å². The lowest BCUT2D eigenvalue weighted by molar-refractivity contribution is -0.137. The Morgan fingerprint density at radius 1 is 0.902 bits per heavy atom. The summed E-state index contributed by atoms with van der Waals surface area (Å²) in [7, 11) is -4.21. The molecule has 2 aliphatic carbocycles. The summed E-state index contributed by atoms with van der Waals surface area (Å²) in [5.74, 6) is -2.82. The van der Waals surface area contributed by atoms with E-state index in [0.717, 1.165) is 50.5 Å². The first-order valence-corrected chi connectivity index (χ1v) is 20.1. The Labute approximate surface area is 301 Å². The van der Waals surface area contributed by atoms with Gasteiger partial charge in [-0.05, 0) is 69.1 Å². The van der Waals surface area contributed by atoms with E-state index < -0.39 is 68.3 Å². The second-order valence-corrected chi connectivity index (χ2v) is 17.7. The molecule has 3 fully saturated rings. The Hall–Kier alpha value is -3.26. The number of furan rings is 1. The van der Waals surface area contributed by atoms with E-state index in [1.807, 2.05) is 6.07 Å². The maximum absolute atomic E-state index is 14.2. The molecule has 2 aromatic rings. The molecule has 5 rings (SSSR count). The number of rotatable bonds is 17. The zero-order valence-electron chi connectivity index (χ0n) is 29.9. The highest BCUT2D eigenvalue weighted by molar-refractivity contribution is 7.93. The molecule has 1 aromatic carbocycles. The number of nitrogens with one attached hydrogen (secondary N) is 2. The molecule has 282 valence electrons. The zero-order chi connectivity index (χ0) is 36.6. The minimum atomic E-state index is -4.21. The second-order valence-electron chi connectivity index (χ2n) is 15.1. The molecular formula is C38H55N3O9S. The first-order chi connectivity index (χ1) is 24.4. The topological polar surface area (TPSA) is 175 Å². The number of amides is 3. The van der Waals surface area contributed by atoms with E-state index in [-0.39, 0.29) is 37.8 Å². The van der Waals surface area contributed by atoms with Crippen molar-refractivity contribution in [3.05, 3.63) is 60.1 Å². The fourth-order valence-electron chi connectivity index (χ4n) is 7.31. The number of benzene rings is 1. The number of nitrogens with zero attached hydrogens (tertiary/aromatic N) is 1. The van der Waals surface area contributed by atoms with Crippen LogP contribution in [-0.2, 0) is 41.8 Å². The second kappa shape index (κ2) is 17.5. The molecule has 2 saturated carbocycles. The summed E-state index contributed by atoms with van der Waals surface area (Å²) in [5.41, 5.74) is 0.724. The third-order valence-electron chi connectivity index (χ3n) is 10.8. The molecule has 51 heavy (non-hydrogen) atoms. The number of aliphatic hydroxyl groups is 2. The van der Waals surface area contributed by atoms with E-state index in [4.69, 9.17) is 9.15 Å². The van der Waals surface area contributed by atoms with Crippen molar-refractivity contribution in [1.29, 1.82) is 0 Å². The van der Waals surface area contributed by atoms with Crippen molar-refractivity contribution in [1.82, 2.24) is 15.5 Å². The van der Waals surface area contributed by atoms with E-state index in [1.54, 1.807) is 36.4 Å². The van der Waals surface area contributed by atoms with Crippen molar-refractivity contribution in [3.8, 4) is 0 Å². The molecule has 4 N–H and O–H groups in total. The lowest BCUT2D eigenvalue weighted by atomic mass is 9.82. The van der Waals surface area contributed by atoms with E-state index in [9.17, 15) is 33.0 Å². The number of ether oxygens (including phenoxy) is 1. The summed E-state index contributed by atoms with van der Waals surface area (Å²) >= 11 is 0. The summed E-state index contributed by atoms with van der Waals surface area (Å²) in [4.78, 5) is 43.3. The van der Waals surface area contributed by atoms with E-state index in [0.29, 0.717) is 25.4 Å². The van der Waals surface area contributed by atoms with Crippen LogP contribution in [0.5, 0.6) is 0 Å². The summed E-state index contributed by atoms with van der Waals surface area (Å²) < 4.78 is 37.2. The molecule has 0 bridgehead atoms. The average Bonchev–Trinajstić information content (AvgIpc) is 3.86. The van der Waals surface area contributed by atoms with Gasteiger partial charge >= 0.3 is 0 Å². The van der Waals surface area contributed by atoms with E-state index in [2.05, 4.69) is 10.6 Å². The molecule has 13 heteroatoms. The smallest absolute Gasteiger partial charge is 0.243 e. The van der Waals surface area contributed by atoms with Gasteiger partial charge in [-0.25, -0.2) is 8.42 Å². The maximum atomic E-state index is 14.2. The molecular weight excluding hydrogens is 674 g/mol. The monoisotopic (exact) mass is 729 g/mol. The fourth-order valence-corrected chi connectivity index (χ4v) is 8.92. The standard InChI is InChI=1S/C38H55N3O9S/c1-38(2,37(46)41-17-20-49-21-18-41)51(47,48)25-29(22-26-10-5-3-6-11-26)35(44)40-32(24-30-14-9-19-50-30)36(45)39-31(23-27-12-7-4-8-13-27)34(43)33(42)28-15-16-28/h3,5-6,9-11,14,19,27-29,31-34,42-43H,4,7-8,12-13,15-18,20-25H2,1-2H3,(H,39,45)(H,40,44)/t29-,31+,32+,33+,34-/m1/s1. The van der Waals surface area contributed by atoms with E-state index >= 15 is 0 Å². The highest BCUT2D eigenvalue weighted by Gasteiger charge is 2.46. The van der Waals surface area contributed by atoms with Crippen molar-refractivity contribution < 1.29 is 42.2 Å². The summed E-state index contributed by atoms with van der Waals surface area (Å²) in [5, 5.41) is 28.0. The van der Waals surface area contributed by atoms with Crippen LogP contribution in [0.3, 0.4) is 0 Å². The van der Waals surface area contributed by atoms with Gasteiger partial charge < -0.3 is 34.9 Å². The third-order valence-corrected chi connectivity index (χ3v) is 13.4. The number of carbonyl (C=O) groups is 3. The zero-order valence-corrected chi connectivity index (χ0v) is 30.7. The maximum Gasteiger partial charge on any atom is 0.243 e. The van der Waals surface area contributed by atoms with Gasteiger partial charge in [0.15, 0.2) is 9.84 Å². The molecule has 5 atom stereocenters. The first kappa shape index (κ1) is 39.0. The first-order valence-electron chi connectivity index (χ1n) is 18.5. The number of hydrogen-bond acceptors (Lipinski definition) is 9. The molecule has 1 aromatic heterocycles. The van der Waals surface area contributed by atoms with Gasteiger partial charge in [-0.1, -0.05) is 62.4 Å². The van der Waals surface area contributed by atoms with Crippen molar-refractivity contribution in [2.24, 2.45) is 17.8 Å². The number of sulfone groups is 1. The van der Waals surface area contributed by atoms with Gasteiger partial charge in [-0.3, -0.25) is 14.4 Å². The van der Waals surface area contributed by atoms with Gasteiger partial charge in [-0.2, -0.15) is 0 Å². The summed E-state index contributed by atoms with van der Waals surface area (Å²) in [6, 6.07) is 10.5. The minimum absolute atomic E-state index is 0.00977. The van der Waals surface area contributed by atoms with Crippen LogP contribution in [0.2, 0.25) is 0 Å². The largest absolute Gasteiger partial charge is 0.469 e. The van der Waals surface area contributed by atoms with Gasteiger partial charge in [0.05, 0.1) is 43.3 Å². The summed E-state index contributed by atoms with van der Waals surface area (Å²) in [6.45, 7) is 3.94. The molecule has 0 radical (unpaired) electrons. The third kappa shape index (κ3) is 10.4. The number of morpholine rings is 1. The van der Waals surface area contributed by atoms with Crippen LogP contribution in [-0.4, -0.2) is 102 Å². The Morgan fingerprint density at radius 3 is 2.22 bits per heavy atom. The highest BCUT2D eigenvalue weighted by atomic mass is 32.2. The predicted molar refractivity (Wildman–Crippen MR) is 191 cm³/mol. The van der Waals surface area contributed by atoms with Crippen LogP contribution in [0.4, 0.5) is 0 Å². The quantitative estimate of drug-likeness (QED) is 0.191. The predicted octanol–water partition coefficient (Wildman–Crippen LogP) is 2.81. The van der Waals surface area contributed by atoms with Gasteiger partial charge in [0.2, 0.25) is 17.7 Å². The molecule has 2 heterocycles. The molecule has 0 unspecified atom stereocenters. The Morgan fingerprint density at radius 2 is 1.59 bits per heavy atom. The van der Waals surface area contributed by atoms with Crippen LogP contribution in [0.1, 0.15) is 76.5 Å². The lowest BCUT2D eigenvalue weighted by Gasteiger charge is -2.35. The molecule has 0 spiro atoms. The van der Waals surface area contributed by atoms with Crippen molar-refractivity contribution in [2.45, 2.75) is 107 Å². The lowest BCUT2D eigenvalue weighted by Crippen LogP contribution is -2.57. The normalized spacial score (nSPS) is 20.5. The number of carbonyl (C=O) groups excluding carboxylic acids is 3. The number of aliphatic hydroxyl groups excluding tert-OH is 2.